The van der Waals surface area contributed by atoms with E-state index in [1.807, 2.05) is 6.92 Å². The molecular weight excluding hydrogens is 241 g/mol. The molecule has 1 saturated heterocycles. The van der Waals surface area contributed by atoms with Crippen LogP contribution in [0.5, 0.6) is 0 Å². The highest BCUT2D eigenvalue weighted by molar-refractivity contribution is 5.26. The van der Waals surface area contributed by atoms with Crippen LogP contribution in [0.2, 0.25) is 0 Å². The van der Waals surface area contributed by atoms with Crippen molar-refractivity contribution in [1.29, 1.82) is 0 Å². The average molecular weight is 258 g/mol. The van der Waals surface area contributed by atoms with E-state index in [0.717, 1.165) is 43.9 Å². The fourth-order valence-corrected chi connectivity index (χ4v) is 2.23. The lowest BCUT2D eigenvalue weighted by Crippen LogP contribution is -2.44. The van der Waals surface area contributed by atoms with E-state index in [4.69, 9.17) is 0 Å². The molecule has 0 radical (unpaired) electrons. The minimum Gasteiger partial charge on any atom is -0.314 e. The number of nitrogens with zero attached hydrogens (tertiary/aromatic N) is 1. The van der Waals surface area contributed by atoms with Gasteiger partial charge >= 0.3 is 6.18 Å². The van der Waals surface area contributed by atoms with Crippen molar-refractivity contribution in [2.24, 2.45) is 0 Å². The summed E-state index contributed by atoms with van der Waals surface area (Å²) in [6.07, 6.45) is -4.25. The molecule has 2 nitrogen and oxygen atoms in total. The Morgan fingerprint density at radius 2 is 1.67 bits per heavy atom. The standard InChI is InChI=1S/C13H17F3N2/c1-10(18-8-6-17-7-9-18)11-2-4-12(5-3-11)13(14,15)16/h2-5,10,17H,6-9H2,1H3/t10-/m0/s1. The summed E-state index contributed by atoms with van der Waals surface area (Å²) in [5, 5.41) is 3.26. The molecule has 0 unspecified atom stereocenters. The highest BCUT2D eigenvalue weighted by atomic mass is 19.4. The number of halogens is 3. The van der Waals surface area contributed by atoms with Gasteiger partial charge in [0.05, 0.1) is 5.56 Å². The maximum Gasteiger partial charge on any atom is 0.416 e. The van der Waals surface area contributed by atoms with Gasteiger partial charge in [0.1, 0.15) is 0 Å². The number of hydrogen-bond donors (Lipinski definition) is 1. The molecule has 1 heterocycles. The highest BCUT2D eigenvalue weighted by Crippen LogP contribution is 2.30. The molecule has 0 amide bonds. The maximum atomic E-state index is 12.5. The van der Waals surface area contributed by atoms with Gasteiger partial charge in [-0.25, -0.2) is 0 Å². The van der Waals surface area contributed by atoms with E-state index in [9.17, 15) is 13.2 Å². The molecule has 1 fully saturated rings. The monoisotopic (exact) mass is 258 g/mol. The van der Waals surface area contributed by atoms with Crippen molar-refractivity contribution in [3.8, 4) is 0 Å². The second-order valence-electron chi connectivity index (χ2n) is 4.58. The number of rotatable bonds is 2. The van der Waals surface area contributed by atoms with Crippen molar-refractivity contribution in [1.82, 2.24) is 10.2 Å². The molecule has 0 spiro atoms. The van der Waals surface area contributed by atoms with Crippen LogP contribution in [0, 0.1) is 0 Å². The summed E-state index contributed by atoms with van der Waals surface area (Å²) in [6.45, 7) is 5.77. The van der Waals surface area contributed by atoms with Crippen molar-refractivity contribution < 1.29 is 13.2 Å². The Morgan fingerprint density at radius 3 is 2.17 bits per heavy atom. The fourth-order valence-electron chi connectivity index (χ4n) is 2.23. The first-order valence-corrected chi connectivity index (χ1v) is 6.10. The number of alkyl halides is 3. The van der Waals surface area contributed by atoms with E-state index >= 15 is 0 Å². The van der Waals surface area contributed by atoms with E-state index in [1.165, 1.54) is 0 Å². The highest BCUT2D eigenvalue weighted by Gasteiger charge is 2.30. The lowest BCUT2D eigenvalue weighted by Gasteiger charge is -2.33. The van der Waals surface area contributed by atoms with Crippen LogP contribution in [-0.4, -0.2) is 31.1 Å². The van der Waals surface area contributed by atoms with Gasteiger partial charge in [-0.2, -0.15) is 13.2 Å². The summed E-state index contributed by atoms with van der Waals surface area (Å²) in [5.74, 6) is 0. The summed E-state index contributed by atoms with van der Waals surface area (Å²) < 4.78 is 37.4. The first-order chi connectivity index (χ1) is 8.48. The lowest BCUT2D eigenvalue weighted by molar-refractivity contribution is -0.137. The van der Waals surface area contributed by atoms with Crippen molar-refractivity contribution in [3.05, 3.63) is 35.4 Å². The molecule has 100 valence electrons. The molecule has 0 aliphatic carbocycles. The molecule has 0 saturated carbocycles. The zero-order valence-corrected chi connectivity index (χ0v) is 10.3. The van der Waals surface area contributed by atoms with Gasteiger partial charge in [-0.1, -0.05) is 12.1 Å². The molecule has 2 rings (SSSR count). The van der Waals surface area contributed by atoms with Crippen LogP contribution in [0.25, 0.3) is 0 Å². The van der Waals surface area contributed by atoms with E-state index in [0.29, 0.717) is 0 Å². The molecule has 0 bridgehead atoms. The van der Waals surface area contributed by atoms with Gasteiger partial charge in [-0.3, -0.25) is 4.90 Å². The minimum absolute atomic E-state index is 0.161. The van der Waals surface area contributed by atoms with Crippen molar-refractivity contribution in [2.45, 2.75) is 19.1 Å². The normalized spacial score (nSPS) is 19.8. The van der Waals surface area contributed by atoms with Crippen LogP contribution in [-0.2, 0) is 6.18 Å². The molecule has 5 heteroatoms. The smallest absolute Gasteiger partial charge is 0.314 e. The van der Waals surface area contributed by atoms with Crippen LogP contribution in [0.3, 0.4) is 0 Å². The van der Waals surface area contributed by atoms with Crippen molar-refractivity contribution in [2.75, 3.05) is 26.2 Å². The third kappa shape index (κ3) is 3.03. The largest absolute Gasteiger partial charge is 0.416 e. The molecular formula is C13H17F3N2. The van der Waals surface area contributed by atoms with Gasteiger partial charge in [0.2, 0.25) is 0 Å². The summed E-state index contributed by atoms with van der Waals surface area (Å²) in [4.78, 5) is 2.28. The van der Waals surface area contributed by atoms with Gasteiger partial charge in [-0.05, 0) is 24.6 Å². The fraction of sp³-hybridized carbons (Fsp3) is 0.538. The predicted octanol–water partition coefficient (Wildman–Crippen LogP) is 2.67. The molecule has 0 aromatic heterocycles. The summed E-state index contributed by atoms with van der Waals surface area (Å²) >= 11 is 0. The van der Waals surface area contributed by atoms with Gasteiger partial charge in [0.15, 0.2) is 0 Å². The Labute approximate surface area is 105 Å². The van der Waals surface area contributed by atoms with Gasteiger partial charge in [0, 0.05) is 32.2 Å². The second-order valence-corrected chi connectivity index (χ2v) is 4.58. The van der Waals surface area contributed by atoms with Crippen LogP contribution in [0.4, 0.5) is 13.2 Å². The Kier molecular flexibility index (Phi) is 3.92. The van der Waals surface area contributed by atoms with E-state index in [1.54, 1.807) is 12.1 Å². The quantitative estimate of drug-likeness (QED) is 0.877. The van der Waals surface area contributed by atoms with Crippen LogP contribution < -0.4 is 5.32 Å². The number of piperazine rings is 1. The predicted molar refractivity (Wildman–Crippen MR) is 64.3 cm³/mol. The van der Waals surface area contributed by atoms with Crippen LogP contribution in [0.1, 0.15) is 24.1 Å². The Hall–Kier alpha value is -1.07. The molecule has 1 aliphatic rings. The lowest BCUT2D eigenvalue weighted by atomic mass is 10.0. The molecule has 1 aliphatic heterocycles. The Bertz CT molecular complexity index is 380. The molecule has 1 N–H and O–H groups in total. The number of hydrogen-bond acceptors (Lipinski definition) is 2. The zero-order valence-electron chi connectivity index (χ0n) is 10.3. The van der Waals surface area contributed by atoms with Crippen molar-refractivity contribution in [3.63, 3.8) is 0 Å². The summed E-state index contributed by atoms with van der Waals surface area (Å²) in [5.41, 5.74) is 0.351. The van der Waals surface area contributed by atoms with E-state index in [2.05, 4.69) is 10.2 Å². The number of benzene rings is 1. The first-order valence-electron chi connectivity index (χ1n) is 6.10. The first kappa shape index (κ1) is 13.4. The van der Waals surface area contributed by atoms with Crippen molar-refractivity contribution >= 4 is 0 Å². The van der Waals surface area contributed by atoms with Gasteiger partial charge in [-0.15, -0.1) is 0 Å². The summed E-state index contributed by atoms with van der Waals surface area (Å²) in [7, 11) is 0. The zero-order chi connectivity index (χ0) is 13.2. The molecule has 1 aromatic carbocycles. The van der Waals surface area contributed by atoms with Crippen LogP contribution in [0.15, 0.2) is 24.3 Å². The topological polar surface area (TPSA) is 15.3 Å². The average Bonchev–Trinajstić information content (AvgIpc) is 2.38. The third-order valence-corrected chi connectivity index (χ3v) is 3.42. The second kappa shape index (κ2) is 5.28. The third-order valence-electron chi connectivity index (χ3n) is 3.42. The minimum atomic E-state index is -4.25. The number of nitrogens with one attached hydrogen (secondary N) is 1. The maximum absolute atomic E-state index is 12.5. The molecule has 18 heavy (non-hydrogen) atoms. The Balaban J connectivity index is 2.09. The summed E-state index contributed by atoms with van der Waals surface area (Å²) in [6, 6.07) is 5.64. The van der Waals surface area contributed by atoms with Gasteiger partial charge in [0.25, 0.3) is 0 Å². The Morgan fingerprint density at radius 1 is 1.11 bits per heavy atom. The van der Waals surface area contributed by atoms with Crippen LogP contribution >= 0.6 is 0 Å². The molecule has 1 aromatic rings. The SMILES string of the molecule is C[C@@H](c1ccc(C(F)(F)F)cc1)N1CCNCC1. The van der Waals surface area contributed by atoms with Gasteiger partial charge < -0.3 is 5.32 Å². The van der Waals surface area contributed by atoms with E-state index < -0.39 is 11.7 Å². The molecule has 1 atom stereocenters. The van der Waals surface area contributed by atoms with E-state index in [-0.39, 0.29) is 6.04 Å².